The number of fused-ring (bicyclic) bond motifs is 1. The van der Waals surface area contributed by atoms with E-state index in [1.54, 1.807) is 29.1 Å². The molecule has 0 aliphatic heterocycles. The first-order chi connectivity index (χ1) is 17.0. The molecule has 170 valence electrons. The van der Waals surface area contributed by atoms with Crippen LogP contribution >= 0.6 is 23.2 Å². The van der Waals surface area contributed by atoms with Gasteiger partial charge in [0.05, 0.1) is 5.69 Å². The summed E-state index contributed by atoms with van der Waals surface area (Å²) >= 11 is 12.0. The molecular formula is C27H16Cl2N4O2. The van der Waals surface area contributed by atoms with Gasteiger partial charge in [0.25, 0.3) is 5.91 Å². The summed E-state index contributed by atoms with van der Waals surface area (Å²) in [6, 6.07) is 25.6. The van der Waals surface area contributed by atoms with E-state index in [9.17, 15) is 10.1 Å². The highest BCUT2D eigenvalue weighted by Crippen LogP contribution is 2.31. The summed E-state index contributed by atoms with van der Waals surface area (Å²) in [6.45, 7) is 0. The molecule has 1 amide bonds. The highest BCUT2D eigenvalue weighted by molar-refractivity contribution is 6.35. The van der Waals surface area contributed by atoms with E-state index in [-0.39, 0.29) is 5.57 Å². The molecule has 6 nitrogen and oxygen atoms in total. The Labute approximate surface area is 210 Å². The summed E-state index contributed by atoms with van der Waals surface area (Å²) < 4.78 is 7.70. The summed E-state index contributed by atoms with van der Waals surface area (Å²) in [4.78, 5) is 12.9. The number of furan rings is 1. The van der Waals surface area contributed by atoms with Crippen LogP contribution in [0.4, 0.5) is 5.69 Å². The summed E-state index contributed by atoms with van der Waals surface area (Å²) in [7, 11) is 0. The minimum absolute atomic E-state index is 0.119. The molecule has 35 heavy (non-hydrogen) atoms. The fourth-order valence-electron chi connectivity index (χ4n) is 3.62. The van der Waals surface area contributed by atoms with E-state index in [1.807, 2.05) is 66.7 Å². The van der Waals surface area contributed by atoms with Crippen LogP contribution in [0.25, 0.3) is 34.2 Å². The molecule has 0 radical (unpaired) electrons. The van der Waals surface area contributed by atoms with Crippen LogP contribution in [0.5, 0.6) is 0 Å². The first-order valence-electron chi connectivity index (χ1n) is 10.5. The number of carbonyl (C=O) groups excluding carboxylic acids is 1. The third-order valence-corrected chi connectivity index (χ3v) is 5.64. The zero-order chi connectivity index (χ0) is 24.4. The molecule has 0 fully saturated rings. The van der Waals surface area contributed by atoms with Gasteiger partial charge in [0, 0.05) is 32.9 Å². The van der Waals surface area contributed by atoms with Crippen molar-refractivity contribution in [2.45, 2.75) is 0 Å². The van der Waals surface area contributed by atoms with Crippen molar-refractivity contribution in [1.82, 2.24) is 9.78 Å². The van der Waals surface area contributed by atoms with E-state index in [4.69, 9.17) is 32.7 Å². The number of hydrogen-bond acceptors (Lipinski definition) is 4. The number of nitriles is 1. The minimum atomic E-state index is -0.603. The average molecular weight is 499 g/mol. The summed E-state index contributed by atoms with van der Waals surface area (Å²) in [5, 5.41) is 18.8. The molecule has 0 aliphatic rings. The van der Waals surface area contributed by atoms with Crippen molar-refractivity contribution in [2.24, 2.45) is 0 Å². The Kier molecular flexibility index (Phi) is 6.11. The number of rotatable bonds is 5. The molecule has 0 atom stereocenters. The predicted molar refractivity (Wildman–Crippen MR) is 137 cm³/mol. The summed E-state index contributed by atoms with van der Waals surface area (Å²) in [6.07, 6.45) is 3.23. The first-order valence-corrected chi connectivity index (χ1v) is 11.3. The van der Waals surface area contributed by atoms with Gasteiger partial charge in [-0.2, -0.15) is 10.4 Å². The molecule has 0 unspecified atom stereocenters. The van der Waals surface area contributed by atoms with Gasteiger partial charge in [0.2, 0.25) is 0 Å². The SMILES string of the molecule is N#CC(=Cc1cn(-c2ccccc2)nc1-c1cc2ccccc2o1)C(=O)Nc1cc(Cl)cc(Cl)c1. The van der Waals surface area contributed by atoms with E-state index < -0.39 is 5.91 Å². The molecule has 5 rings (SSSR count). The van der Waals surface area contributed by atoms with Crippen molar-refractivity contribution in [3.8, 4) is 23.2 Å². The molecule has 0 saturated heterocycles. The molecule has 3 aromatic carbocycles. The van der Waals surface area contributed by atoms with E-state index in [0.29, 0.717) is 38.3 Å². The van der Waals surface area contributed by atoms with E-state index in [0.717, 1.165) is 11.1 Å². The van der Waals surface area contributed by atoms with Crippen molar-refractivity contribution in [2.75, 3.05) is 5.32 Å². The van der Waals surface area contributed by atoms with Crippen LogP contribution in [0.1, 0.15) is 5.56 Å². The molecule has 0 aliphatic carbocycles. The van der Waals surface area contributed by atoms with Gasteiger partial charge in [-0.25, -0.2) is 4.68 Å². The zero-order valence-electron chi connectivity index (χ0n) is 18.1. The second-order valence-corrected chi connectivity index (χ2v) is 8.52. The summed E-state index contributed by atoms with van der Waals surface area (Å²) in [5.41, 5.74) is 2.83. The van der Waals surface area contributed by atoms with E-state index >= 15 is 0 Å². The van der Waals surface area contributed by atoms with Gasteiger partial charge in [-0.3, -0.25) is 4.79 Å². The smallest absolute Gasteiger partial charge is 0.266 e. The van der Waals surface area contributed by atoms with Gasteiger partial charge in [0.1, 0.15) is 22.9 Å². The number of aromatic nitrogens is 2. The predicted octanol–water partition coefficient (Wildman–Crippen LogP) is 7.14. The zero-order valence-corrected chi connectivity index (χ0v) is 19.6. The number of benzene rings is 3. The monoisotopic (exact) mass is 498 g/mol. The maximum Gasteiger partial charge on any atom is 0.266 e. The average Bonchev–Trinajstić information content (AvgIpc) is 3.46. The van der Waals surface area contributed by atoms with Crippen molar-refractivity contribution in [3.63, 3.8) is 0 Å². The van der Waals surface area contributed by atoms with Crippen LogP contribution in [0.15, 0.2) is 95.0 Å². The Hall–Kier alpha value is -4.31. The third-order valence-electron chi connectivity index (χ3n) is 5.21. The first kappa shape index (κ1) is 22.5. The third kappa shape index (κ3) is 4.82. The van der Waals surface area contributed by atoms with Crippen LogP contribution in [0.2, 0.25) is 10.0 Å². The number of nitrogens with zero attached hydrogens (tertiary/aromatic N) is 3. The lowest BCUT2D eigenvalue weighted by atomic mass is 10.1. The fourth-order valence-corrected chi connectivity index (χ4v) is 4.15. The van der Waals surface area contributed by atoms with Gasteiger partial charge in [-0.1, -0.05) is 59.6 Å². The molecule has 8 heteroatoms. The number of para-hydroxylation sites is 2. The Morgan fingerprint density at radius 1 is 1.00 bits per heavy atom. The largest absolute Gasteiger partial charge is 0.454 e. The maximum absolute atomic E-state index is 12.9. The van der Waals surface area contributed by atoms with Crippen LogP contribution in [-0.4, -0.2) is 15.7 Å². The topological polar surface area (TPSA) is 83.8 Å². The standard InChI is InChI=1S/C27H16Cl2N4O2/c28-20-12-21(29)14-22(13-20)31-27(34)18(15-30)10-19-16-33(23-7-2-1-3-8-23)32-26(19)25-11-17-6-4-5-9-24(17)35-25/h1-14,16H,(H,31,34). The second-order valence-electron chi connectivity index (χ2n) is 7.64. The van der Waals surface area contributed by atoms with Gasteiger partial charge in [0.15, 0.2) is 5.76 Å². The number of amides is 1. The van der Waals surface area contributed by atoms with Gasteiger partial charge >= 0.3 is 0 Å². The number of anilines is 1. The number of halogens is 2. The lowest BCUT2D eigenvalue weighted by Gasteiger charge is -2.05. The van der Waals surface area contributed by atoms with E-state index in [1.165, 1.54) is 6.08 Å². The molecule has 2 aromatic heterocycles. The molecule has 0 bridgehead atoms. The highest BCUT2D eigenvalue weighted by atomic mass is 35.5. The van der Waals surface area contributed by atoms with Crippen molar-refractivity contribution < 1.29 is 9.21 Å². The van der Waals surface area contributed by atoms with Crippen LogP contribution in [0.3, 0.4) is 0 Å². The Morgan fingerprint density at radius 3 is 2.43 bits per heavy atom. The quantitative estimate of drug-likeness (QED) is 0.206. The van der Waals surface area contributed by atoms with Crippen LogP contribution < -0.4 is 5.32 Å². The molecule has 0 spiro atoms. The molecule has 2 heterocycles. The fraction of sp³-hybridized carbons (Fsp3) is 0. The summed E-state index contributed by atoms with van der Waals surface area (Å²) in [5.74, 6) is -0.0831. The van der Waals surface area contributed by atoms with Gasteiger partial charge in [-0.05, 0) is 48.5 Å². The molecule has 5 aromatic rings. The lowest BCUT2D eigenvalue weighted by Crippen LogP contribution is -2.13. The normalized spacial score (nSPS) is 11.4. The van der Waals surface area contributed by atoms with Crippen molar-refractivity contribution >= 4 is 51.8 Å². The Morgan fingerprint density at radius 2 is 1.71 bits per heavy atom. The number of nitrogens with one attached hydrogen (secondary N) is 1. The van der Waals surface area contributed by atoms with Crippen molar-refractivity contribution in [1.29, 1.82) is 5.26 Å². The van der Waals surface area contributed by atoms with Crippen molar-refractivity contribution in [3.05, 3.63) is 106 Å². The molecular weight excluding hydrogens is 483 g/mol. The van der Waals surface area contributed by atoms with Crippen LogP contribution in [0, 0.1) is 11.3 Å². The minimum Gasteiger partial charge on any atom is -0.454 e. The number of hydrogen-bond donors (Lipinski definition) is 1. The van der Waals surface area contributed by atoms with Gasteiger partial charge < -0.3 is 9.73 Å². The molecule has 0 saturated carbocycles. The van der Waals surface area contributed by atoms with Gasteiger partial charge in [-0.15, -0.1) is 0 Å². The second kappa shape index (κ2) is 9.51. The Balaban J connectivity index is 1.58. The van der Waals surface area contributed by atoms with E-state index in [2.05, 4.69) is 5.32 Å². The number of carbonyl (C=O) groups is 1. The van der Waals surface area contributed by atoms with Crippen LogP contribution in [-0.2, 0) is 4.79 Å². The lowest BCUT2D eigenvalue weighted by molar-refractivity contribution is -0.112. The molecule has 1 N–H and O–H groups in total. The Bertz CT molecular complexity index is 1580. The maximum atomic E-state index is 12.9. The highest BCUT2D eigenvalue weighted by Gasteiger charge is 2.18.